The third-order valence-electron chi connectivity index (χ3n) is 4.75. The van der Waals surface area contributed by atoms with Crippen LogP contribution in [0.15, 0.2) is 59.1 Å². The first kappa shape index (κ1) is 21.4. The van der Waals surface area contributed by atoms with Gasteiger partial charge in [-0.1, -0.05) is 35.5 Å². The molecule has 0 aliphatic rings. The van der Waals surface area contributed by atoms with Gasteiger partial charge in [-0.3, -0.25) is 4.79 Å². The summed E-state index contributed by atoms with van der Waals surface area (Å²) < 4.78 is 16.6. The molecule has 1 amide bonds. The molecule has 0 fully saturated rings. The van der Waals surface area contributed by atoms with E-state index >= 15 is 0 Å². The highest BCUT2D eigenvalue weighted by Gasteiger charge is 2.12. The van der Waals surface area contributed by atoms with Crippen molar-refractivity contribution in [3.63, 3.8) is 0 Å². The summed E-state index contributed by atoms with van der Waals surface area (Å²) in [4.78, 5) is 12.0. The minimum atomic E-state index is -0.0172. The smallest absolute Gasteiger partial charge is 0.224 e. The molecule has 3 aromatic rings. The van der Waals surface area contributed by atoms with E-state index in [4.69, 9.17) is 14.0 Å². The summed E-state index contributed by atoms with van der Waals surface area (Å²) in [6.45, 7) is 5.44. The topological polar surface area (TPSA) is 73.6 Å². The van der Waals surface area contributed by atoms with Gasteiger partial charge in [0, 0.05) is 12.1 Å². The number of hydrogen-bond donors (Lipinski definition) is 1. The maximum absolute atomic E-state index is 12.0. The van der Waals surface area contributed by atoms with Gasteiger partial charge < -0.3 is 19.3 Å². The molecule has 0 spiro atoms. The molecule has 1 N–H and O–H groups in total. The number of amides is 1. The van der Waals surface area contributed by atoms with Gasteiger partial charge in [0.15, 0.2) is 0 Å². The number of nitrogens with zero attached hydrogens (tertiary/aromatic N) is 1. The summed E-state index contributed by atoms with van der Waals surface area (Å²) in [5, 5.41) is 6.80. The Hall–Kier alpha value is -3.28. The number of benzene rings is 2. The van der Waals surface area contributed by atoms with Crippen molar-refractivity contribution in [2.24, 2.45) is 0 Å². The van der Waals surface area contributed by atoms with Crippen LogP contribution in [0.5, 0.6) is 11.5 Å². The average molecular weight is 408 g/mol. The molecule has 2 aromatic carbocycles. The lowest BCUT2D eigenvalue weighted by molar-refractivity contribution is -0.120. The molecular weight excluding hydrogens is 380 g/mol. The van der Waals surface area contributed by atoms with Crippen LogP contribution < -0.4 is 14.8 Å². The molecule has 1 heterocycles. The summed E-state index contributed by atoms with van der Waals surface area (Å²) >= 11 is 0. The minimum absolute atomic E-state index is 0.0172. The number of aryl methyl sites for hydroxylation is 2. The van der Waals surface area contributed by atoms with Crippen LogP contribution >= 0.6 is 0 Å². The molecule has 6 heteroatoms. The normalized spacial score (nSPS) is 10.6. The molecule has 0 atom stereocenters. The number of carbonyl (C=O) groups excluding carboxylic acids is 1. The van der Waals surface area contributed by atoms with Crippen LogP contribution in [0.25, 0.3) is 0 Å². The quantitative estimate of drug-likeness (QED) is 0.477. The molecular formula is C24H28N2O4. The third kappa shape index (κ3) is 6.65. The van der Waals surface area contributed by atoms with Crippen molar-refractivity contribution in [1.29, 1.82) is 0 Å². The molecule has 6 nitrogen and oxygen atoms in total. The molecule has 0 radical (unpaired) electrons. The molecule has 0 saturated heterocycles. The van der Waals surface area contributed by atoms with E-state index in [1.807, 2.05) is 68.4 Å². The Morgan fingerprint density at radius 3 is 2.33 bits per heavy atom. The van der Waals surface area contributed by atoms with E-state index in [2.05, 4.69) is 10.5 Å². The molecule has 30 heavy (non-hydrogen) atoms. The van der Waals surface area contributed by atoms with Crippen molar-refractivity contribution in [3.8, 4) is 11.5 Å². The number of hydrogen-bond acceptors (Lipinski definition) is 5. The summed E-state index contributed by atoms with van der Waals surface area (Å²) in [6.07, 6.45) is 2.01. The Morgan fingerprint density at radius 1 is 0.967 bits per heavy atom. The van der Waals surface area contributed by atoms with Crippen LogP contribution in [-0.2, 0) is 17.8 Å². The summed E-state index contributed by atoms with van der Waals surface area (Å²) in [5.41, 5.74) is 2.77. The van der Waals surface area contributed by atoms with E-state index in [1.165, 1.54) is 0 Å². The molecule has 158 valence electrons. The fourth-order valence-electron chi connectivity index (χ4n) is 3.00. The van der Waals surface area contributed by atoms with Gasteiger partial charge in [-0.15, -0.1) is 0 Å². The zero-order chi connectivity index (χ0) is 21.2. The Balaban J connectivity index is 1.28. The monoisotopic (exact) mass is 408 g/mol. The maximum atomic E-state index is 12.0. The number of rotatable bonds is 11. The lowest BCUT2D eigenvalue weighted by Gasteiger charge is -2.09. The maximum Gasteiger partial charge on any atom is 0.224 e. The molecule has 1 aromatic heterocycles. The molecule has 0 aliphatic heterocycles. The second-order valence-electron chi connectivity index (χ2n) is 7.13. The largest absolute Gasteiger partial charge is 0.494 e. The van der Waals surface area contributed by atoms with Crippen LogP contribution in [0.3, 0.4) is 0 Å². The molecule has 3 rings (SSSR count). The van der Waals surface area contributed by atoms with E-state index in [1.54, 1.807) is 0 Å². The van der Waals surface area contributed by atoms with Gasteiger partial charge >= 0.3 is 0 Å². The zero-order valence-electron chi connectivity index (χ0n) is 17.5. The molecule has 0 unspecified atom stereocenters. The molecule has 0 saturated carbocycles. The van der Waals surface area contributed by atoms with Gasteiger partial charge in [0.05, 0.1) is 18.7 Å². The van der Waals surface area contributed by atoms with Gasteiger partial charge in [-0.05, 0) is 56.5 Å². The first-order valence-electron chi connectivity index (χ1n) is 10.2. The zero-order valence-corrected chi connectivity index (χ0v) is 17.5. The van der Waals surface area contributed by atoms with Crippen molar-refractivity contribution in [2.75, 3.05) is 13.2 Å². The summed E-state index contributed by atoms with van der Waals surface area (Å²) in [7, 11) is 0. The standard InChI is InChI=1S/C24H28N2O4/c1-18-23(19(2)30-26-18)16-24(27)25-14-6-7-15-28-21-10-12-22(13-11-21)29-17-20-8-4-3-5-9-20/h3-5,8-13H,6-7,14-17H2,1-2H3,(H,25,27). The summed E-state index contributed by atoms with van der Waals surface area (Å²) in [6, 6.07) is 17.7. The highest BCUT2D eigenvalue weighted by molar-refractivity contribution is 5.78. The van der Waals surface area contributed by atoms with Crippen molar-refractivity contribution in [2.45, 2.75) is 39.7 Å². The van der Waals surface area contributed by atoms with E-state index in [-0.39, 0.29) is 5.91 Å². The second kappa shape index (κ2) is 11.0. The Kier molecular flexibility index (Phi) is 7.89. The van der Waals surface area contributed by atoms with E-state index in [0.29, 0.717) is 31.9 Å². The highest BCUT2D eigenvalue weighted by Crippen LogP contribution is 2.19. The fourth-order valence-corrected chi connectivity index (χ4v) is 3.00. The first-order chi connectivity index (χ1) is 14.6. The SMILES string of the molecule is Cc1noc(C)c1CC(=O)NCCCCOc1ccc(OCc2ccccc2)cc1. The Labute approximate surface area is 177 Å². The van der Waals surface area contributed by atoms with Crippen molar-refractivity contribution in [1.82, 2.24) is 10.5 Å². The van der Waals surface area contributed by atoms with E-state index in [0.717, 1.165) is 41.2 Å². The van der Waals surface area contributed by atoms with Crippen molar-refractivity contribution in [3.05, 3.63) is 77.2 Å². The first-order valence-corrected chi connectivity index (χ1v) is 10.2. The number of aromatic nitrogens is 1. The second-order valence-corrected chi connectivity index (χ2v) is 7.13. The fraction of sp³-hybridized carbons (Fsp3) is 0.333. The van der Waals surface area contributed by atoms with Crippen LogP contribution in [0, 0.1) is 13.8 Å². The van der Waals surface area contributed by atoms with Gasteiger partial charge in [0.25, 0.3) is 0 Å². The van der Waals surface area contributed by atoms with Gasteiger partial charge in [-0.25, -0.2) is 0 Å². The lowest BCUT2D eigenvalue weighted by atomic mass is 10.1. The van der Waals surface area contributed by atoms with Crippen LogP contribution in [-0.4, -0.2) is 24.2 Å². The predicted octanol–water partition coefficient (Wildman–Crippen LogP) is 4.39. The van der Waals surface area contributed by atoms with Crippen molar-refractivity contribution >= 4 is 5.91 Å². The number of nitrogens with one attached hydrogen (secondary N) is 1. The Bertz CT molecular complexity index is 901. The molecule has 0 bridgehead atoms. The van der Waals surface area contributed by atoms with Gasteiger partial charge in [-0.2, -0.15) is 0 Å². The van der Waals surface area contributed by atoms with Crippen LogP contribution in [0.1, 0.15) is 35.4 Å². The minimum Gasteiger partial charge on any atom is -0.494 e. The average Bonchev–Trinajstić information content (AvgIpc) is 3.08. The molecule has 0 aliphatic carbocycles. The van der Waals surface area contributed by atoms with Crippen molar-refractivity contribution < 1.29 is 18.8 Å². The van der Waals surface area contributed by atoms with E-state index in [9.17, 15) is 4.79 Å². The van der Waals surface area contributed by atoms with E-state index < -0.39 is 0 Å². The number of unbranched alkanes of at least 4 members (excludes halogenated alkanes) is 1. The van der Waals surface area contributed by atoms with Crippen LogP contribution in [0.4, 0.5) is 0 Å². The highest BCUT2D eigenvalue weighted by atomic mass is 16.5. The Morgan fingerprint density at radius 2 is 1.67 bits per heavy atom. The predicted molar refractivity (Wildman–Crippen MR) is 115 cm³/mol. The third-order valence-corrected chi connectivity index (χ3v) is 4.75. The van der Waals surface area contributed by atoms with Crippen LogP contribution in [0.2, 0.25) is 0 Å². The number of carbonyl (C=O) groups is 1. The van der Waals surface area contributed by atoms with Gasteiger partial charge in [0.2, 0.25) is 5.91 Å². The van der Waals surface area contributed by atoms with Gasteiger partial charge in [0.1, 0.15) is 23.9 Å². The lowest BCUT2D eigenvalue weighted by Crippen LogP contribution is -2.26. The summed E-state index contributed by atoms with van der Waals surface area (Å²) in [5.74, 6) is 2.31. The number of ether oxygens (including phenoxy) is 2.